The summed E-state index contributed by atoms with van der Waals surface area (Å²) in [6, 6.07) is 9.05. The predicted octanol–water partition coefficient (Wildman–Crippen LogP) is 2.55. The first kappa shape index (κ1) is 10.5. The molecule has 0 aliphatic carbocycles. The van der Waals surface area contributed by atoms with Gasteiger partial charge in [-0.15, -0.1) is 0 Å². The highest BCUT2D eigenvalue weighted by molar-refractivity contribution is 6.33. The fourth-order valence-corrected chi connectivity index (χ4v) is 1.49. The Hall–Kier alpha value is -1.99. The summed E-state index contributed by atoms with van der Waals surface area (Å²) in [4.78, 5) is 0. The Bertz CT molecular complexity index is 513. The minimum Gasteiger partial charge on any atom is -0.378 e. The van der Waals surface area contributed by atoms with Crippen molar-refractivity contribution in [2.45, 2.75) is 6.54 Å². The van der Waals surface area contributed by atoms with Crippen LogP contribution in [0.3, 0.4) is 0 Å². The van der Waals surface area contributed by atoms with Gasteiger partial charge in [0.15, 0.2) is 0 Å². The Morgan fingerprint density at radius 1 is 1.44 bits per heavy atom. The summed E-state index contributed by atoms with van der Waals surface area (Å²) in [5.74, 6) is 0. The van der Waals surface area contributed by atoms with E-state index in [0.717, 1.165) is 11.4 Å². The summed E-state index contributed by atoms with van der Waals surface area (Å²) in [5.41, 5.74) is 2.28. The monoisotopic (exact) mass is 232 g/mol. The van der Waals surface area contributed by atoms with Crippen molar-refractivity contribution in [3.63, 3.8) is 0 Å². The van der Waals surface area contributed by atoms with Crippen molar-refractivity contribution < 1.29 is 0 Å². The molecule has 0 saturated heterocycles. The predicted molar refractivity (Wildman–Crippen MR) is 62.1 cm³/mol. The Kier molecular flexibility index (Phi) is 3.08. The van der Waals surface area contributed by atoms with Crippen molar-refractivity contribution in [1.29, 1.82) is 5.26 Å². The summed E-state index contributed by atoms with van der Waals surface area (Å²) in [7, 11) is 0. The minimum absolute atomic E-state index is 0.580. The molecule has 2 aromatic rings. The van der Waals surface area contributed by atoms with Crippen LogP contribution in [0.4, 0.5) is 5.69 Å². The largest absolute Gasteiger partial charge is 0.378 e. The first-order valence-electron chi connectivity index (χ1n) is 4.71. The van der Waals surface area contributed by atoms with Gasteiger partial charge < -0.3 is 5.32 Å². The van der Waals surface area contributed by atoms with Crippen LogP contribution in [-0.2, 0) is 6.54 Å². The zero-order valence-corrected chi connectivity index (χ0v) is 9.12. The van der Waals surface area contributed by atoms with Gasteiger partial charge in [-0.3, -0.25) is 5.10 Å². The van der Waals surface area contributed by atoms with Crippen LogP contribution in [0.2, 0.25) is 5.02 Å². The molecule has 5 heteroatoms. The summed E-state index contributed by atoms with van der Waals surface area (Å²) < 4.78 is 0. The van der Waals surface area contributed by atoms with Gasteiger partial charge >= 0.3 is 0 Å². The lowest BCUT2D eigenvalue weighted by Gasteiger charge is -2.07. The molecule has 1 aromatic carbocycles. The fourth-order valence-electron chi connectivity index (χ4n) is 1.30. The maximum Gasteiger partial charge on any atom is 0.0992 e. The molecule has 1 heterocycles. The molecule has 0 amide bonds. The standard InChI is InChI=1S/C11H9ClN4/c12-10-2-1-8(6-13)5-11(10)14-7-9-3-4-15-16-9/h1-5,14H,7H2,(H,15,16). The average Bonchev–Trinajstić information content (AvgIpc) is 2.81. The number of nitrogens with one attached hydrogen (secondary N) is 2. The van der Waals surface area contributed by atoms with Gasteiger partial charge in [0.1, 0.15) is 0 Å². The lowest BCUT2D eigenvalue weighted by molar-refractivity contribution is 0.981. The molecule has 4 nitrogen and oxygen atoms in total. The van der Waals surface area contributed by atoms with E-state index in [9.17, 15) is 0 Å². The second-order valence-electron chi connectivity index (χ2n) is 3.24. The van der Waals surface area contributed by atoms with Gasteiger partial charge in [-0.1, -0.05) is 11.6 Å². The smallest absolute Gasteiger partial charge is 0.0992 e. The van der Waals surface area contributed by atoms with E-state index in [0.29, 0.717) is 17.1 Å². The zero-order valence-electron chi connectivity index (χ0n) is 8.37. The molecule has 1 aromatic heterocycles. The van der Waals surface area contributed by atoms with Gasteiger partial charge in [-0.05, 0) is 24.3 Å². The Morgan fingerprint density at radius 3 is 3.00 bits per heavy atom. The second kappa shape index (κ2) is 4.69. The van der Waals surface area contributed by atoms with Crippen LogP contribution in [0, 0.1) is 11.3 Å². The molecule has 0 fully saturated rings. The normalized spacial score (nSPS) is 9.75. The van der Waals surface area contributed by atoms with Crippen molar-refractivity contribution in [2.75, 3.05) is 5.32 Å². The highest BCUT2D eigenvalue weighted by Gasteiger charge is 2.02. The van der Waals surface area contributed by atoms with Crippen LogP contribution in [0.5, 0.6) is 0 Å². The quantitative estimate of drug-likeness (QED) is 0.855. The summed E-state index contributed by atoms with van der Waals surface area (Å²) in [5, 5.41) is 19.2. The molecule has 0 aliphatic rings. The number of benzene rings is 1. The van der Waals surface area contributed by atoms with Crippen molar-refractivity contribution in [3.05, 3.63) is 46.7 Å². The second-order valence-corrected chi connectivity index (χ2v) is 3.65. The zero-order chi connectivity index (χ0) is 11.4. The van der Waals surface area contributed by atoms with Crippen LogP contribution < -0.4 is 5.32 Å². The number of nitriles is 1. The van der Waals surface area contributed by atoms with E-state index >= 15 is 0 Å². The minimum atomic E-state index is 0.580. The van der Waals surface area contributed by atoms with Crippen LogP contribution in [0.25, 0.3) is 0 Å². The number of rotatable bonds is 3. The van der Waals surface area contributed by atoms with Crippen LogP contribution in [0.15, 0.2) is 30.5 Å². The molecule has 2 N–H and O–H groups in total. The number of H-pyrrole nitrogens is 1. The maximum atomic E-state index is 8.77. The highest BCUT2D eigenvalue weighted by Crippen LogP contribution is 2.23. The Morgan fingerprint density at radius 2 is 2.31 bits per heavy atom. The number of aromatic nitrogens is 2. The highest BCUT2D eigenvalue weighted by atomic mass is 35.5. The molecule has 0 unspecified atom stereocenters. The van der Waals surface area contributed by atoms with Crippen LogP contribution in [0.1, 0.15) is 11.3 Å². The van der Waals surface area contributed by atoms with Gasteiger partial charge in [-0.25, -0.2) is 0 Å². The molecule has 0 atom stereocenters. The van der Waals surface area contributed by atoms with Crippen molar-refractivity contribution in [2.24, 2.45) is 0 Å². The number of nitrogens with zero attached hydrogens (tertiary/aromatic N) is 2. The van der Waals surface area contributed by atoms with E-state index in [4.69, 9.17) is 16.9 Å². The molecule has 0 bridgehead atoms. The lowest BCUT2D eigenvalue weighted by Crippen LogP contribution is -2.00. The third kappa shape index (κ3) is 2.33. The van der Waals surface area contributed by atoms with E-state index < -0.39 is 0 Å². The van der Waals surface area contributed by atoms with E-state index in [-0.39, 0.29) is 0 Å². The topological polar surface area (TPSA) is 64.5 Å². The SMILES string of the molecule is N#Cc1ccc(Cl)c(NCc2ccn[nH]2)c1. The van der Waals surface area contributed by atoms with Crippen molar-refractivity contribution >= 4 is 17.3 Å². The molecule has 0 aliphatic heterocycles. The van der Waals surface area contributed by atoms with E-state index in [1.165, 1.54) is 0 Å². The molecule has 0 saturated carbocycles. The van der Waals surface area contributed by atoms with Crippen LogP contribution >= 0.6 is 11.6 Å². The molecule has 16 heavy (non-hydrogen) atoms. The first-order valence-corrected chi connectivity index (χ1v) is 5.09. The number of aromatic amines is 1. The maximum absolute atomic E-state index is 8.77. The van der Waals surface area contributed by atoms with Crippen molar-refractivity contribution in [1.82, 2.24) is 10.2 Å². The Balaban J connectivity index is 2.12. The van der Waals surface area contributed by atoms with E-state index in [1.807, 2.05) is 6.07 Å². The molecular formula is C11H9ClN4. The lowest BCUT2D eigenvalue weighted by atomic mass is 10.2. The number of hydrogen-bond acceptors (Lipinski definition) is 3. The van der Waals surface area contributed by atoms with E-state index in [1.54, 1.807) is 24.4 Å². The molecule has 0 spiro atoms. The van der Waals surface area contributed by atoms with E-state index in [2.05, 4.69) is 21.6 Å². The number of anilines is 1. The van der Waals surface area contributed by atoms with Gasteiger partial charge in [0, 0.05) is 6.20 Å². The summed E-state index contributed by atoms with van der Waals surface area (Å²) in [6.45, 7) is 0.592. The first-order chi connectivity index (χ1) is 7.79. The molecule has 2 rings (SSSR count). The summed E-state index contributed by atoms with van der Waals surface area (Å²) in [6.07, 6.45) is 1.68. The number of hydrogen-bond donors (Lipinski definition) is 2. The molecular weight excluding hydrogens is 224 g/mol. The third-order valence-corrected chi connectivity index (χ3v) is 2.45. The van der Waals surface area contributed by atoms with Crippen LogP contribution in [-0.4, -0.2) is 10.2 Å². The van der Waals surface area contributed by atoms with Crippen molar-refractivity contribution in [3.8, 4) is 6.07 Å². The third-order valence-electron chi connectivity index (χ3n) is 2.12. The Labute approximate surface area is 97.9 Å². The van der Waals surface area contributed by atoms with Gasteiger partial charge in [0.2, 0.25) is 0 Å². The van der Waals surface area contributed by atoms with Gasteiger partial charge in [0.25, 0.3) is 0 Å². The van der Waals surface area contributed by atoms with Gasteiger partial charge in [-0.2, -0.15) is 10.4 Å². The molecule has 80 valence electrons. The fraction of sp³-hybridized carbons (Fsp3) is 0.0909. The molecule has 0 radical (unpaired) electrons. The average molecular weight is 233 g/mol. The summed E-state index contributed by atoms with van der Waals surface area (Å²) >= 11 is 6.00. The van der Waals surface area contributed by atoms with Gasteiger partial charge in [0.05, 0.1) is 34.6 Å². The number of halogens is 1.